The van der Waals surface area contributed by atoms with E-state index in [4.69, 9.17) is 0 Å². The second kappa shape index (κ2) is 11.5. The summed E-state index contributed by atoms with van der Waals surface area (Å²) in [5, 5.41) is 17.4. The van der Waals surface area contributed by atoms with Crippen molar-refractivity contribution in [2.24, 2.45) is 0 Å². The Hall–Kier alpha value is -1.50. The number of rotatable bonds is 14. The highest BCUT2D eigenvalue weighted by atomic mass is 32.2. The van der Waals surface area contributed by atoms with E-state index in [0.29, 0.717) is 0 Å². The van der Waals surface area contributed by atoms with Gasteiger partial charge < -0.3 is 10.2 Å². The van der Waals surface area contributed by atoms with Crippen molar-refractivity contribution < 1.29 is 36.6 Å². The van der Waals surface area contributed by atoms with Gasteiger partial charge in [-0.15, -0.1) is 0 Å². The Labute approximate surface area is 166 Å². The first-order valence-electron chi connectivity index (χ1n) is 8.88. The molecule has 0 atom stereocenters. The summed E-state index contributed by atoms with van der Waals surface area (Å²) in [6, 6.07) is 0. The monoisotopic (exact) mass is 442 g/mol. The summed E-state index contributed by atoms with van der Waals surface area (Å²) in [5.74, 6) is -2.79. The van der Waals surface area contributed by atoms with E-state index in [1.165, 1.54) is 27.7 Å². The Balaban J connectivity index is 4.99. The third-order valence-corrected chi connectivity index (χ3v) is 7.63. The number of aliphatic carboxylic acids is 2. The number of hydrogen-bond acceptors (Lipinski definition) is 6. The van der Waals surface area contributed by atoms with E-state index >= 15 is 0 Å². The summed E-state index contributed by atoms with van der Waals surface area (Å²) >= 11 is 0. The van der Waals surface area contributed by atoms with Gasteiger partial charge in [-0.2, -0.15) is 0 Å². The first-order valence-corrected chi connectivity index (χ1v) is 12.0. The minimum absolute atomic E-state index is 0.0155. The van der Waals surface area contributed by atoms with E-state index in [9.17, 15) is 36.6 Å². The van der Waals surface area contributed by atoms with Gasteiger partial charge in [-0.3, -0.25) is 0 Å². The maximum Gasteiger partial charge on any atom is 0.332 e. The van der Waals surface area contributed by atoms with Crippen LogP contribution >= 0.6 is 0 Å². The summed E-state index contributed by atoms with van der Waals surface area (Å²) in [4.78, 5) is 22.9. The zero-order valence-electron chi connectivity index (χ0n) is 16.6. The summed E-state index contributed by atoms with van der Waals surface area (Å²) in [7, 11) is -6.97. The standard InChI is InChI=1S/C16H30N2O8S2/c1-11(2)27(23,24)17-9-5-7-13(15(19)20)14(16(21)22)8-6-10-18-28(25,26)12(3)4/h11-12,17-18H,5-10H2,1-4H3,(H,19,20)(H,21,22). The number of carboxylic acids is 2. The fourth-order valence-electron chi connectivity index (χ4n) is 2.07. The van der Waals surface area contributed by atoms with Crippen LogP contribution in [0.2, 0.25) is 0 Å². The van der Waals surface area contributed by atoms with Gasteiger partial charge >= 0.3 is 11.9 Å². The van der Waals surface area contributed by atoms with Crippen LogP contribution in [0.4, 0.5) is 0 Å². The van der Waals surface area contributed by atoms with Crippen LogP contribution in [0.1, 0.15) is 53.4 Å². The Kier molecular flexibility index (Phi) is 10.9. The molecule has 28 heavy (non-hydrogen) atoms. The van der Waals surface area contributed by atoms with Crippen LogP contribution in [0.15, 0.2) is 11.1 Å². The van der Waals surface area contributed by atoms with Gasteiger partial charge in [0.1, 0.15) is 0 Å². The molecule has 164 valence electrons. The van der Waals surface area contributed by atoms with Gasteiger partial charge in [0.25, 0.3) is 0 Å². The molecule has 0 unspecified atom stereocenters. The maximum atomic E-state index is 11.7. The lowest BCUT2D eigenvalue weighted by atomic mass is 9.99. The zero-order chi connectivity index (χ0) is 22.1. The van der Waals surface area contributed by atoms with Crippen LogP contribution in [0.3, 0.4) is 0 Å². The molecule has 0 amide bonds. The Morgan fingerprint density at radius 3 is 1.21 bits per heavy atom. The van der Waals surface area contributed by atoms with Crippen LogP contribution < -0.4 is 9.44 Å². The fraction of sp³-hybridized carbons (Fsp3) is 0.750. The molecule has 0 rings (SSSR count). The Bertz CT molecular complexity index is 717. The molecule has 10 nitrogen and oxygen atoms in total. The number of carbonyl (C=O) groups is 2. The molecule has 0 bridgehead atoms. The second-order valence-corrected chi connectivity index (χ2v) is 11.4. The summed E-state index contributed by atoms with van der Waals surface area (Å²) in [6.45, 7) is 5.97. The number of nitrogens with one attached hydrogen (secondary N) is 2. The quantitative estimate of drug-likeness (QED) is 0.225. The molecule has 0 heterocycles. The molecule has 0 radical (unpaired) electrons. The SMILES string of the molecule is CC(C)S(=O)(=O)NCCCC(C(=O)O)=C(CCCNS(=O)(=O)C(C)C)C(=O)O. The van der Waals surface area contributed by atoms with Crippen molar-refractivity contribution in [1.82, 2.24) is 9.44 Å². The number of sulfonamides is 2. The normalized spacial score (nSPS) is 13.6. The number of hydrogen-bond donors (Lipinski definition) is 4. The van der Waals surface area contributed by atoms with Gasteiger partial charge in [-0.25, -0.2) is 35.9 Å². The van der Waals surface area contributed by atoms with Crippen molar-refractivity contribution >= 4 is 32.0 Å². The molecule has 0 saturated carbocycles. The maximum absolute atomic E-state index is 11.7. The molecular weight excluding hydrogens is 412 g/mol. The van der Waals surface area contributed by atoms with Crippen LogP contribution in [0.25, 0.3) is 0 Å². The molecule has 0 aromatic rings. The summed E-state index contributed by atoms with van der Waals surface area (Å²) < 4.78 is 51.3. The third-order valence-electron chi connectivity index (χ3n) is 3.94. The van der Waals surface area contributed by atoms with E-state index < -0.39 is 42.5 Å². The Morgan fingerprint density at radius 1 is 0.714 bits per heavy atom. The molecular formula is C16H30N2O8S2. The van der Waals surface area contributed by atoms with E-state index in [1.54, 1.807) is 0 Å². The minimum Gasteiger partial charge on any atom is -0.478 e. The highest BCUT2D eigenvalue weighted by Gasteiger charge is 2.21. The second-order valence-electron chi connectivity index (χ2n) is 6.75. The highest BCUT2D eigenvalue weighted by Crippen LogP contribution is 2.17. The van der Waals surface area contributed by atoms with Crippen molar-refractivity contribution in [2.75, 3.05) is 13.1 Å². The number of carboxylic acid groups (broad SMARTS) is 2. The molecule has 0 aromatic carbocycles. The van der Waals surface area contributed by atoms with Crippen LogP contribution in [0.5, 0.6) is 0 Å². The van der Waals surface area contributed by atoms with Crippen molar-refractivity contribution in [1.29, 1.82) is 0 Å². The topological polar surface area (TPSA) is 167 Å². The zero-order valence-corrected chi connectivity index (χ0v) is 18.2. The smallest absolute Gasteiger partial charge is 0.332 e. The van der Waals surface area contributed by atoms with Crippen molar-refractivity contribution in [3.05, 3.63) is 11.1 Å². The lowest BCUT2D eigenvalue weighted by Crippen LogP contribution is -2.32. The predicted molar refractivity (Wildman–Crippen MR) is 105 cm³/mol. The highest BCUT2D eigenvalue weighted by molar-refractivity contribution is 7.90. The molecule has 12 heteroatoms. The van der Waals surface area contributed by atoms with Crippen LogP contribution in [-0.2, 0) is 29.6 Å². The van der Waals surface area contributed by atoms with Crippen LogP contribution in [-0.4, -0.2) is 62.6 Å². The molecule has 0 aromatic heterocycles. The van der Waals surface area contributed by atoms with Gasteiger partial charge in [0, 0.05) is 24.2 Å². The average molecular weight is 443 g/mol. The van der Waals surface area contributed by atoms with E-state index in [1.807, 2.05) is 0 Å². The lowest BCUT2D eigenvalue weighted by Gasteiger charge is -2.12. The molecule has 0 aliphatic heterocycles. The van der Waals surface area contributed by atoms with Crippen molar-refractivity contribution in [2.45, 2.75) is 63.9 Å². The molecule has 0 aliphatic carbocycles. The van der Waals surface area contributed by atoms with Gasteiger partial charge in [0.05, 0.1) is 10.5 Å². The van der Waals surface area contributed by atoms with E-state index in [2.05, 4.69) is 9.44 Å². The first-order chi connectivity index (χ1) is 12.7. The van der Waals surface area contributed by atoms with Gasteiger partial charge in [0.15, 0.2) is 0 Å². The van der Waals surface area contributed by atoms with E-state index in [-0.39, 0.29) is 49.9 Å². The largest absolute Gasteiger partial charge is 0.478 e. The predicted octanol–water partition coefficient (Wildman–Crippen LogP) is 0.668. The van der Waals surface area contributed by atoms with E-state index in [0.717, 1.165) is 0 Å². The van der Waals surface area contributed by atoms with Crippen LogP contribution in [0, 0.1) is 0 Å². The lowest BCUT2D eigenvalue weighted by molar-refractivity contribution is -0.136. The Morgan fingerprint density at radius 2 is 1.00 bits per heavy atom. The van der Waals surface area contributed by atoms with Gasteiger partial charge in [-0.1, -0.05) is 0 Å². The fourth-order valence-corrected chi connectivity index (χ4v) is 3.59. The summed E-state index contributed by atoms with van der Waals surface area (Å²) in [6.07, 6.45) is -0.0285. The minimum atomic E-state index is -3.49. The molecule has 0 spiro atoms. The average Bonchev–Trinajstić information content (AvgIpc) is 2.54. The van der Waals surface area contributed by atoms with Crippen molar-refractivity contribution in [3.63, 3.8) is 0 Å². The summed E-state index contributed by atoms with van der Waals surface area (Å²) in [5.41, 5.74) is -0.633. The molecule has 0 fully saturated rings. The first kappa shape index (κ1) is 26.5. The third kappa shape index (κ3) is 9.13. The van der Waals surface area contributed by atoms with Gasteiger partial charge in [0.2, 0.25) is 20.0 Å². The van der Waals surface area contributed by atoms with Crippen molar-refractivity contribution in [3.8, 4) is 0 Å². The molecule has 0 aliphatic rings. The molecule has 4 N–H and O–H groups in total. The van der Waals surface area contributed by atoms with Gasteiger partial charge in [-0.05, 0) is 53.4 Å². The molecule has 0 saturated heterocycles.